The van der Waals surface area contributed by atoms with Crippen molar-refractivity contribution in [3.63, 3.8) is 0 Å². The Bertz CT molecular complexity index is 907. The molecule has 0 saturated carbocycles. The Morgan fingerprint density at radius 2 is 2.00 bits per heavy atom. The monoisotopic (exact) mass is 371 g/mol. The van der Waals surface area contributed by atoms with Gasteiger partial charge in [-0.2, -0.15) is 4.98 Å². The number of carbonyl (C=O) groups excluding carboxylic acids is 1. The van der Waals surface area contributed by atoms with E-state index in [-0.39, 0.29) is 12.5 Å². The molecule has 7 heteroatoms. The molecule has 1 N–H and O–H groups in total. The molecule has 3 aromatic rings. The van der Waals surface area contributed by atoms with Gasteiger partial charge in [0, 0.05) is 11.1 Å². The lowest BCUT2D eigenvalue weighted by molar-refractivity contribution is 0.0946. The third-order valence-electron chi connectivity index (χ3n) is 3.67. The number of carbonyl (C=O) groups is 1. The number of hydrogen-bond donors (Lipinski definition) is 1. The van der Waals surface area contributed by atoms with Gasteiger partial charge in [-0.05, 0) is 32.0 Å². The van der Waals surface area contributed by atoms with Gasteiger partial charge in [-0.3, -0.25) is 4.79 Å². The first-order chi connectivity index (χ1) is 12.6. The van der Waals surface area contributed by atoms with Crippen LogP contribution in [0.15, 0.2) is 47.0 Å². The van der Waals surface area contributed by atoms with E-state index in [4.69, 9.17) is 20.9 Å². The van der Waals surface area contributed by atoms with Crippen molar-refractivity contribution >= 4 is 17.5 Å². The van der Waals surface area contributed by atoms with E-state index in [2.05, 4.69) is 15.5 Å². The van der Waals surface area contributed by atoms with E-state index < -0.39 is 0 Å². The minimum atomic E-state index is -0.287. The molecule has 3 rings (SSSR count). The summed E-state index contributed by atoms with van der Waals surface area (Å²) in [5.41, 5.74) is 2.44. The van der Waals surface area contributed by atoms with Gasteiger partial charge in [0.1, 0.15) is 5.75 Å². The molecular formula is C19H18ClN3O3. The van der Waals surface area contributed by atoms with Gasteiger partial charge in [-0.1, -0.05) is 46.6 Å². The summed E-state index contributed by atoms with van der Waals surface area (Å²) in [4.78, 5) is 16.5. The summed E-state index contributed by atoms with van der Waals surface area (Å²) in [6.45, 7) is 4.51. The molecule has 6 nitrogen and oxygen atoms in total. The molecule has 26 heavy (non-hydrogen) atoms. The number of nitrogens with one attached hydrogen (secondary N) is 1. The van der Waals surface area contributed by atoms with Crippen LogP contribution in [0.5, 0.6) is 5.75 Å². The van der Waals surface area contributed by atoms with Gasteiger partial charge in [0.05, 0.1) is 18.2 Å². The molecule has 0 unspecified atom stereocenters. The summed E-state index contributed by atoms with van der Waals surface area (Å²) in [7, 11) is 0. The maximum atomic E-state index is 12.3. The van der Waals surface area contributed by atoms with Crippen molar-refractivity contribution in [3.05, 3.63) is 64.5 Å². The summed E-state index contributed by atoms with van der Waals surface area (Å²) in [6.07, 6.45) is 0. The highest BCUT2D eigenvalue weighted by Crippen LogP contribution is 2.25. The smallest absolute Gasteiger partial charge is 0.251 e. The third-order valence-corrected chi connectivity index (χ3v) is 3.97. The number of rotatable bonds is 6. The van der Waals surface area contributed by atoms with Crippen molar-refractivity contribution in [2.75, 3.05) is 6.61 Å². The Kier molecular flexibility index (Phi) is 5.53. The maximum Gasteiger partial charge on any atom is 0.251 e. The Balaban J connectivity index is 1.63. The van der Waals surface area contributed by atoms with E-state index in [1.54, 1.807) is 18.2 Å². The van der Waals surface area contributed by atoms with Crippen molar-refractivity contribution in [3.8, 4) is 17.1 Å². The number of ether oxygens (including phenoxy) is 1. The van der Waals surface area contributed by atoms with Crippen molar-refractivity contribution in [1.29, 1.82) is 0 Å². The fourth-order valence-electron chi connectivity index (χ4n) is 2.32. The highest BCUT2D eigenvalue weighted by atomic mass is 35.5. The minimum Gasteiger partial charge on any atom is -0.492 e. The number of halogens is 1. The molecular weight excluding hydrogens is 354 g/mol. The SMILES string of the molecule is CCOc1ccc(C(=O)NCc2nc(-c3ccc(C)cc3)no2)cc1Cl. The average molecular weight is 372 g/mol. The minimum absolute atomic E-state index is 0.128. The van der Waals surface area contributed by atoms with E-state index in [0.29, 0.717) is 34.7 Å². The van der Waals surface area contributed by atoms with E-state index in [1.165, 1.54) is 0 Å². The lowest BCUT2D eigenvalue weighted by Gasteiger charge is -2.07. The first-order valence-corrected chi connectivity index (χ1v) is 8.55. The summed E-state index contributed by atoms with van der Waals surface area (Å²) >= 11 is 6.11. The van der Waals surface area contributed by atoms with E-state index in [1.807, 2.05) is 38.1 Å². The van der Waals surface area contributed by atoms with Crippen LogP contribution in [0.2, 0.25) is 5.02 Å². The first kappa shape index (κ1) is 17.9. The van der Waals surface area contributed by atoms with Crippen LogP contribution in [-0.4, -0.2) is 22.7 Å². The lowest BCUT2D eigenvalue weighted by Crippen LogP contribution is -2.22. The van der Waals surface area contributed by atoms with Gasteiger partial charge >= 0.3 is 0 Å². The number of aryl methyl sites for hydroxylation is 1. The molecule has 0 radical (unpaired) electrons. The molecule has 0 aliphatic heterocycles. The quantitative estimate of drug-likeness (QED) is 0.707. The second-order valence-electron chi connectivity index (χ2n) is 5.64. The van der Waals surface area contributed by atoms with Crippen LogP contribution in [0.1, 0.15) is 28.7 Å². The molecule has 0 aliphatic rings. The van der Waals surface area contributed by atoms with Crippen LogP contribution < -0.4 is 10.1 Å². The number of amides is 1. The topological polar surface area (TPSA) is 77.2 Å². The van der Waals surface area contributed by atoms with E-state index in [9.17, 15) is 4.79 Å². The van der Waals surface area contributed by atoms with Gasteiger partial charge < -0.3 is 14.6 Å². The summed E-state index contributed by atoms with van der Waals surface area (Å²) < 4.78 is 10.5. The second-order valence-corrected chi connectivity index (χ2v) is 6.05. The highest BCUT2D eigenvalue weighted by molar-refractivity contribution is 6.32. The van der Waals surface area contributed by atoms with Gasteiger partial charge in [-0.15, -0.1) is 0 Å². The molecule has 134 valence electrons. The van der Waals surface area contributed by atoms with Crippen molar-refractivity contribution in [2.24, 2.45) is 0 Å². The summed E-state index contributed by atoms with van der Waals surface area (Å²) in [6, 6.07) is 12.7. The molecule has 0 bridgehead atoms. The highest BCUT2D eigenvalue weighted by Gasteiger charge is 2.12. The molecule has 1 aromatic heterocycles. The average Bonchev–Trinajstić information content (AvgIpc) is 3.11. The van der Waals surface area contributed by atoms with Crippen molar-refractivity contribution in [1.82, 2.24) is 15.5 Å². The maximum absolute atomic E-state index is 12.3. The molecule has 0 saturated heterocycles. The van der Waals surface area contributed by atoms with Crippen LogP contribution in [0.3, 0.4) is 0 Å². The fourth-order valence-corrected chi connectivity index (χ4v) is 2.55. The number of benzene rings is 2. The van der Waals surface area contributed by atoms with Crippen molar-refractivity contribution in [2.45, 2.75) is 20.4 Å². The summed E-state index contributed by atoms with van der Waals surface area (Å²) in [5, 5.41) is 7.06. The largest absolute Gasteiger partial charge is 0.492 e. The van der Waals surface area contributed by atoms with Gasteiger partial charge in [0.2, 0.25) is 11.7 Å². The molecule has 0 aliphatic carbocycles. The van der Waals surface area contributed by atoms with E-state index in [0.717, 1.165) is 11.1 Å². The lowest BCUT2D eigenvalue weighted by atomic mass is 10.1. The first-order valence-electron chi connectivity index (χ1n) is 8.17. The predicted molar refractivity (Wildman–Crippen MR) is 98.3 cm³/mol. The van der Waals surface area contributed by atoms with Crippen LogP contribution in [-0.2, 0) is 6.54 Å². The Morgan fingerprint density at radius 3 is 2.69 bits per heavy atom. The fraction of sp³-hybridized carbons (Fsp3) is 0.211. The van der Waals surface area contributed by atoms with Crippen LogP contribution in [0.4, 0.5) is 0 Å². The van der Waals surface area contributed by atoms with Crippen molar-refractivity contribution < 1.29 is 14.1 Å². The van der Waals surface area contributed by atoms with Gasteiger partial charge in [-0.25, -0.2) is 0 Å². The third kappa shape index (κ3) is 4.21. The zero-order chi connectivity index (χ0) is 18.5. The van der Waals surface area contributed by atoms with Crippen LogP contribution in [0.25, 0.3) is 11.4 Å². The molecule has 1 amide bonds. The molecule has 0 fully saturated rings. The normalized spacial score (nSPS) is 10.6. The van der Waals surface area contributed by atoms with Gasteiger partial charge in [0.15, 0.2) is 0 Å². The number of hydrogen-bond acceptors (Lipinski definition) is 5. The molecule has 0 atom stereocenters. The Labute approximate surface area is 156 Å². The Hall–Kier alpha value is -2.86. The molecule has 0 spiro atoms. The van der Waals surface area contributed by atoms with Gasteiger partial charge in [0.25, 0.3) is 5.91 Å². The number of aromatic nitrogens is 2. The van der Waals surface area contributed by atoms with E-state index >= 15 is 0 Å². The number of nitrogens with zero attached hydrogens (tertiary/aromatic N) is 2. The summed E-state index contributed by atoms with van der Waals surface area (Å²) in [5.74, 6) is 1.07. The standard InChI is InChI=1S/C19H18ClN3O3/c1-3-25-16-9-8-14(10-15(16)20)19(24)21-11-17-22-18(23-26-17)13-6-4-12(2)5-7-13/h4-10H,3,11H2,1-2H3,(H,21,24). The zero-order valence-corrected chi connectivity index (χ0v) is 15.2. The molecule has 2 aromatic carbocycles. The predicted octanol–water partition coefficient (Wildman–Crippen LogP) is 4.03. The molecule has 1 heterocycles. The Morgan fingerprint density at radius 1 is 1.23 bits per heavy atom. The second kappa shape index (κ2) is 8.01. The zero-order valence-electron chi connectivity index (χ0n) is 14.5. The van der Waals surface area contributed by atoms with Crippen LogP contribution >= 0.6 is 11.6 Å². The van der Waals surface area contributed by atoms with Crippen LogP contribution in [0, 0.1) is 6.92 Å².